The number of primary amides is 1. The maximum Gasteiger partial charge on any atom is 0.248 e. The first kappa shape index (κ1) is 13.9. The van der Waals surface area contributed by atoms with Gasteiger partial charge in [0, 0.05) is 44.0 Å². The molecule has 1 amide bonds. The number of rotatable bonds is 4. The van der Waals surface area contributed by atoms with E-state index in [2.05, 4.69) is 23.6 Å². The molecular weight excluding hydrogens is 238 g/mol. The van der Waals surface area contributed by atoms with Gasteiger partial charge in [0.2, 0.25) is 5.91 Å². The minimum absolute atomic E-state index is 0.367. The van der Waals surface area contributed by atoms with Crippen LogP contribution in [0.2, 0.25) is 0 Å². The number of nitrogens with two attached hydrogens (primary N) is 1. The summed E-state index contributed by atoms with van der Waals surface area (Å²) < 4.78 is 0. The molecule has 0 radical (unpaired) electrons. The Morgan fingerprint density at radius 3 is 2.21 bits per heavy atom. The molecule has 2 N–H and O–H groups in total. The summed E-state index contributed by atoms with van der Waals surface area (Å²) in [7, 11) is 0. The lowest BCUT2D eigenvalue weighted by atomic mass is 10.1. The van der Waals surface area contributed by atoms with Gasteiger partial charge in [-0.3, -0.25) is 9.69 Å². The van der Waals surface area contributed by atoms with Crippen molar-refractivity contribution in [2.75, 3.05) is 37.6 Å². The Morgan fingerprint density at radius 2 is 1.74 bits per heavy atom. The molecule has 0 unspecified atom stereocenters. The van der Waals surface area contributed by atoms with Crippen LogP contribution >= 0.6 is 0 Å². The van der Waals surface area contributed by atoms with Crippen LogP contribution in [-0.2, 0) is 0 Å². The van der Waals surface area contributed by atoms with E-state index >= 15 is 0 Å². The second-order valence-electron chi connectivity index (χ2n) is 5.59. The molecule has 4 heteroatoms. The first-order chi connectivity index (χ1) is 9.06. The summed E-state index contributed by atoms with van der Waals surface area (Å²) in [5.41, 5.74) is 6.99. The van der Waals surface area contributed by atoms with Gasteiger partial charge in [-0.2, -0.15) is 0 Å². The molecule has 1 heterocycles. The van der Waals surface area contributed by atoms with Crippen molar-refractivity contribution in [1.29, 1.82) is 0 Å². The SMILES string of the molecule is CC(C)CN1CCN(c2ccc(C(N)=O)cc2)CC1. The minimum atomic E-state index is -0.367. The van der Waals surface area contributed by atoms with E-state index in [0.717, 1.165) is 32.1 Å². The van der Waals surface area contributed by atoms with Gasteiger partial charge in [0.15, 0.2) is 0 Å². The van der Waals surface area contributed by atoms with Crippen LogP contribution in [0.5, 0.6) is 0 Å². The lowest BCUT2D eigenvalue weighted by Gasteiger charge is -2.36. The maximum absolute atomic E-state index is 11.0. The molecule has 104 valence electrons. The second kappa shape index (κ2) is 6.06. The van der Waals surface area contributed by atoms with Gasteiger partial charge in [0.25, 0.3) is 0 Å². The fourth-order valence-electron chi connectivity index (χ4n) is 2.54. The third-order valence-electron chi connectivity index (χ3n) is 3.51. The largest absolute Gasteiger partial charge is 0.369 e. The minimum Gasteiger partial charge on any atom is -0.369 e. The number of carbonyl (C=O) groups excluding carboxylic acids is 1. The standard InChI is InChI=1S/C15H23N3O/c1-12(2)11-17-7-9-18(10-8-17)14-5-3-13(4-6-14)15(16)19/h3-6,12H,7-11H2,1-2H3,(H2,16,19). The first-order valence-corrected chi connectivity index (χ1v) is 6.93. The number of amides is 1. The van der Waals surface area contributed by atoms with Crippen molar-refractivity contribution >= 4 is 11.6 Å². The van der Waals surface area contributed by atoms with Crippen molar-refractivity contribution in [2.45, 2.75) is 13.8 Å². The van der Waals surface area contributed by atoms with Gasteiger partial charge < -0.3 is 10.6 Å². The van der Waals surface area contributed by atoms with E-state index in [9.17, 15) is 4.79 Å². The molecule has 1 aliphatic heterocycles. The molecule has 0 spiro atoms. The van der Waals surface area contributed by atoms with E-state index in [1.165, 1.54) is 12.2 Å². The summed E-state index contributed by atoms with van der Waals surface area (Å²) in [5, 5.41) is 0. The molecule has 0 bridgehead atoms. The summed E-state index contributed by atoms with van der Waals surface area (Å²) in [6, 6.07) is 7.58. The van der Waals surface area contributed by atoms with Crippen molar-refractivity contribution in [2.24, 2.45) is 11.7 Å². The van der Waals surface area contributed by atoms with Crippen LogP contribution < -0.4 is 10.6 Å². The third-order valence-corrected chi connectivity index (χ3v) is 3.51. The lowest BCUT2D eigenvalue weighted by Crippen LogP contribution is -2.47. The molecule has 1 aromatic rings. The molecule has 0 aliphatic carbocycles. The Labute approximate surface area is 115 Å². The number of hydrogen-bond acceptors (Lipinski definition) is 3. The topological polar surface area (TPSA) is 49.6 Å². The molecule has 0 aromatic heterocycles. The van der Waals surface area contributed by atoms with Crippen molar-refractivity contribution in [3.8, 4) is 0 Å². The van der Waals surface area contributed by atoms with E-state index in [-0.39, 0.29) is 5.91 Å². The van der Waals surface area contributed by atoms with Gasteiger partial charge in [0.1, 0.15) is 0 Å². The highest BCUT2D eigenvalue weighted by Crippen LogP contribution is 2.17. The van der Waals surface area contributed by atoms with E-state index in [4.69, 9.17) is 5.73 Å². The van der Waals surface area contributed by atoms with Crippen molar-refractivity contribution in [1.82, 2.24) is 4.90 Å². The molecule has 1 fully saturated rings. The van der Waals surface area contributed by atoms with Gasteiger partial charge in [-0.1, -0.05) is 13.8 Å². The van der Waals surface area contributed by atoms with Crippen LogP contribution in [0.1, 0.15) is 24.2 Å². The predicted molar refractivity (Wildman–Crippen MR) is 78.5 cm³/mol. The van der Waals surface area contributed by atoms with Gasteiger partial charge in [0.05, 0.1) is 0 Å². The van der Waals surface area contributed by atoms with Gasteiger partial charge >= 0.3 is 0 Å². The molecule has 19 heavy (non-hydrogen) atoms. The third kappa shape index (κ3) is 3.70. The normalized spacial score (nSPS) is 16.9. The number of benzene rings is 1. The van der Waals surface area contributed by atoms with Crippen LogP contribution in [0.25, 0.3) is 0 Å². The van der Waals surface area contributed by atoms with Gasteiger partial charge in [-0.15, -0.1) is 0 Å². The summed E-state index contributed by atoms with van der Waals surface area (Å²) in [6.45, 7) is 10.00. The summed E-state index contributed by atoms with van der Waals surface area (Å²) in [5.74, 6) is 0.356. The molecule has 1 aliphatic rings. The zero-order valence-corrected chi connectivity index (χ0v) is 11.8. The highest BCUT2D eigenvalue weighted by Gasteiger charge is 2.17. The maximum atomic E-state index is 11.0. The summed E-state index contributed by atoms with van der Waals surface area (Å²) in [6.07, 6.45) is 0. The van der Waals surface area contributed by atoms with Gasteiger partial charge in [-0.05, 0) is 30.2 Å². The second-order valence-corrected chi connectivity index (χ2v) is 5.59. The Bertz CT molecular complexity index is 420. The van der Waals surface area contributed by atoms with Crippen LogP contribution in [0.15, 0.2) is 24.3 Å². The number of anilines is 1. The van der Waals surface area contributed by atoms with Crippen molar-refractivity contribution < 1.29 is 4.79 Å². The molecule has 1 aromatic carbocycles. The Balaban J connectivity index is 1.92. The predicted octanol–water partition coefficient (Wildman–Crippen LogP) is 1.56. The number of carbonyl (C=O) groups is 1. The Kier molecular flexibility index (Phi) is 4.43. The molecule has 0 atom stereocenters. The van der Waals surface area contributed by atoms with Crippen LogP contribution in [0, 0.1) is 5.92 Å². The fourth-order valence-corrected chi connectivity index (χ4v) is 2.54. The highest BCUT2D eigenvalue weighted by molar-refractivity contribution is 5.93. The van der Waals surface area contributed by atoms with E-state index in [1.54, 1.807) is 12.1 Å². The molecular formula is C15H23N3O. The molecule has 1 saturated heterocycles. The zero-order valence-electron chi connectivity index (χ0n) is 11.8. The molecule has 0 saturated carbocycles. The Morgan fingerprint density at radius 1 is 1.16 bits per heavy atom. The first-order valence-electron chi connectivity index (χ1n) is 6.93. The zero-order chi connectivity index (χ0) is 13.8. The van der Waals surface area contributed by atoms with Crippen molar-refractivity contribution in [3.63, 3.8) is 0 Å². The van der Waals surface area contributed by atoms with Crippen LogP contribution in [0.4, 0.5) is 5.69 Å². The quantitative estimate of drug-likeness (QED) is 0.895. The molecule has 4 nitrogen and oxygen atoms in total. The monoisotopic (exact) mass is 261 g/mol. The van der Waals surface area contributed by atoms with E-state index < -0.39 is 0 Å². The van der Waals surface area contributed by atoms with E-state index in [1.807, 2.05) is 12.1 Å². The summed E-state index contributed by atoms with van der Waals surface area (Å²) >= 11 is 0. The smallest absolute Gasteiger partial charge is 0.248 e. The average molecular weight is 261 g/mol. The number of nitrogens with zero attached hydrogens (tertiary/aromatic N) is 2. The number of piperazine rings is 1. The summed E-state index contributed by atoms with van der Waals surface area (Å²) in [4.78, 5) is 15.9. The van der Waals surface area contributed by atoms with Crippen molar-refractivity contribution in [3.05, 3.63) is 29.8 Å². The average Bonchev–Trinajstić information content (AvgIpc) is 2.39. The van der Waals surface area contributed by atoms with Crippen LogP contribution in [0.3, 0.4) is 0 Å². The fraction of sp³-hybridized carbons (Fsp3) is 0.533. The Hall–Kier alpha value is -1.55. The van der Waals surface area contributed by atoms with Crippen LogP contribution in [-0.4, -0.2) is 43.5 Å². The highest BCUT2D eigenvalue weighted by atomic mass is 16.1. The number of hydrogen-bond donors (Lipinski definition) is 1. The van der Waals surface area contributed by atoms with E-state index in [0.29, 0.717) is 5.56 Å². The molecule has 2 rings (SSSR count). The van der Waals surface area contributed by atoms with Gasteiger partial charge in [-0.25, -0.2) is 0 Å². The lowest BCUT2D eigenvalue weighted by molar-refractivity contribution is 0.100.